The van der Waals surface area contributed by atoms with Gasteiger partial charge >= 0.3 is 0 Å². The van der Waals surface area contributed by atoms with E-state index in [0.717, 1.165) is 25.8 Å². The number of rotatable bonds is 6. The van der Waals surface area contributed by atoms with Crippen molar-refractivity contribution in [3.63, 3.8) is 0 Å². The summed E-state index contributed by atoms with van der Waals surface area (Å²) in [6, 6.07) is 0. The Morgan fingerprint density at radius 3 is 2.62 bits per heavy atom. The fraction of sp³-hybridized carbons (Fsp3) is 0.545. The van der Waals surface area contributed by atoms with Crippen LogP contribution >= 0.6 is 0 Å². The average Bonchev–Trinajstić information content (AvgIpc) is 2.14. The number of nitrogens with one attached hydrogen (secondary N) is 1. The van der Waals surface area contributed by atoms with E-state index >= 15 is 0 Å². The van der Waals surface area contributed by atoms with Crippen molar-refractivity contribution < 1.29 is 4.79 Å². The molecule has 13 heavy (non-hydrogen) atoms. The summed E-state index contributed by atoms with van der Waals surface area (Å²) in [4.78, 5) is 11.0. The van der Waals surface area contributed by atoms with Crippen molar-refractivity contribution in [2.45, 2.75) is 33.1 Å². The third kappa shape index (κ3) is 8.86. The van der Waals surface area contributed by atoms with E-state index in [1.54, 1.807) is 6.08 Å². The number of carbonyl (C=O) groups excluding carboxylic acids is 1. The van der Waals surface area contributed by atoms with Gasteiger partial charge in [0.2, 0.25) is 5.91 Å². The molecule has 0 aliphatic rings. The zero-order valence-electron chi connectivity index (χ0n) is 8.55. The number of carbonyl (C=O) groups is 1. The van der Waals surface area contributed by atoms with Crippen LogP contribution in [0, 0.1) is 0 Å². The molecule has 0 aromatic carbocycles. The van der Waals surface area contributed by atoms with Crippen molar-refractivity contribution in [2.24, 2.45) is 0 Å². The van der Waals surface area contributed by atoms with Gasteiger partial charge in [-0.25, -0.2) is 0 Å². The lowest BCUT2D eigenvalue weighted by Gasteiger charge is -1.96. The lowest BCUT2D eigenvalue weighted by molar-refractivity contribution is -0.116. The first kappa shape index (κ1) is 11.9. The van der Waals surface area contributed by atoms with E-state index in [9.17, 15) is 4.79 Å². The van der Waals surface area contributed by atoms with Gasteiger partial charge in [0.15, 0.2) is 0 Å². The molecule has 0 aromatic rings. The normalized spacial score (nSPS) is 11.2. The predicted octanol–water partition coefficient (Wildman–Crippen LogP) is 2.43. The van der Waals surface area contributed by atoms with Crippen molar-refractivity contribution in [3.8, 4) is 0 Å². The smallest absolute Gasteiger partial charge is 0.243 e. The van der Waals surface area contributed by atoms with E-state index in [1.165, 1.54) is 0 Å². The van der Waals surface area contributed by atoms with Crippen molar-refractivity contribution in [1.29, 1.82) is 0 Å². The number of amides is 1. The van der Waals surface area contributed by atoms with E-state index in [-0.39, 0.29) is 5.91 Å². The van der Waals surface area contributed by atoms with Crippen molar-refractivity contribution in [3.05, 3.63) is 24.3 Å². The summed E-state index contributed by atoms with van der Waals surface area (Å²) in [5.74, 6) is 0.0160. The van der Waals surface area contributed by atoms with Crippen LogP contribution in [0.15, 0.2) is 24.3 Å². The second kappa shape index (κ2) is 9.04. The number of unbranched alkanes of at least 4 members (excludes halogenated alkanes) is 1. The minimum atomic E-state index is 0.0160. The molecule has 0 bridgehead atoms. The fourth-order valence-corrected chi connectivity index (χ4v) is 0.857. The Kier molecular flexibility index (Phi) is 8.31. The number of allylic oxidation sites excluding steroid dienone is 3. The summed E-state index contributed by atoms with van der Waals surface area (Å²) >= 11 is 0. The predicted molar refractivity (Wildman–Crippen MR) is 56.5 cm³/mol. The zero-order valence-corrected chi connectivity index (χ0v) is 8.55. The van der Waals surface area contributed by atoms with Gasteiger partial charge in [0, 0.05) is 6.54 Å². The van der Waals surface area contributed by atoms with E-state index in [1.807, 2.05) is 26.0 Å². The molecule has 0 atom stereocenters. The Bertz CT molecular complexity index is 183. The summed E-state index contributed by atoms with van der Waals surface area (Å²) in [5.41, 5.74) is 0. The van der Waals surface area contributed by atoms with Gasteiger partial charge < -0.3 is 5.32 Å². The minimum Gasteiger partial charge on any atom is -0.353 e. The maximum Gasteiger partial charge on any atom is 0.243 e. The van der Waals surface area contributed by atoms with Crippen molar-refractivity contribution >= 4 is 5.91 Å². The molecule has 0 unspecified atom stereocenters. The Balaban J connectivity index is 3.42. The maximum atomic E-state index is 11.0. The van der Waals surface area contributed by atoms with Crippen LogP contribution in [0.25, 0.3) is 0 Å². The Morgan fingerprint density at radius 1 is 1.31 bits per heavy atom. The molecule has 0 heterocycles. The molecule has 0 aliphatic carbocycles. The standard InChI is InChI=1S/C11H19NO/c1-3-5-6-7-8-9-11(13)12-10-4-2/h3,5,8-9H,4,6-7,10H2,1-2H3,(H,12,13)/b5-3+,9-8+. The van der Waals surface area contributed by atoms with Gasteiger partial charge in [-0.3, -0.25) is 4.79 Å². The van der Waals surface area contributed by atoms with E-state index in [4.69, 9.17) is 0 Å². The Morgan fingerprint density at radius 2 is 2.00 bits per heavy atom. The molecule has 0 aromatic heterocycles. The highest BCUT2D eigenvalue weighted by Gasteiger charge is 1.90. The lowest BCUT2D eigenvalue weighted by Crippen LogP contribution is -2.21. The van der Waals surface area contributed by atoms with Gasteiger partial charge in [-0.1, -0.05) is 25.2 Å². The molecule has 0 aliphatic heterocycles. The molecule has 0 fully saturated rings. The first-order valence-corrected chi connectivity index (χ1v) is 4.86. The van der Waals surface area contributed by atoms with Crippen LogP contribution in [0.2, 0.25) is 0 Å². The highest BCUT2D eigenvalue weighted by molar-refractivity contribution is 5.87. The molecule has 1 N–H and O–H groups in total. The fourth-order valence-electron chi connectivity index (χ4n) is 0.857. The maximum absolute atomic E-state index is 11.0. The second-order valence-corrected chi connectivity index (χ2v) is 2.84. The first-order valence-electron chi connectivity index (χ1n) is 4.86. The van der Waals surface area contributed by atoms with E-state index < -0.39 is 0 Å². The van der Waals surface area contributed by atoms with Crippen LogP contribution in [-0.2, 0) is 4.79 Å². The van der Waals surface area contributed by atoms with Crippen LogP contribution in [0.5, 0.6) is 0 Å². The molecule has 1 amide bonds. The molecule has 2 nitrogen and oxygen atoms in total. The monoisotopic (exact) mass is 181 g/mol. The zero-order chi connectivity index (χ0) is 9.94. The van der Waals surface area contributed by atoms with E-state index in [0.29, 0.717) is 0 Å². The van der Waals surface area contributed by atoms with Gasteiger partial charge in [0.1, 0.15) is 0 Å². The van der Waals surface area contributed by atoms with Crippen molar-refractivity contribution in [1.82, 2.24) is 5.32 Å². The molecular weight excluding hydrogens is 162 g/mol. The average molecular weight is 181 g/mol. The van der Waals surface area contributed by atoms with Crippen LogP contribution in [0.3, 0.4) is 0 Å². The minimum absolute atomic E-state index is 0.0160. The van der Waals surface area contributed by atoms with Gasteiger partial charge in [-0.15, -0.1) is 0 Å². The summed E-state index contributed by atoms with van der Waals surface area (Å²) in [6.07, 6.45) is 10.6. The Labute approximate surface area is 80.7 Å². The van der Waals surface area contributed by atoms with Gasteiger partial charge in [-0.05, 0) is 32.3 Å². The largest absolute Gasteiger partial charge is 0.353 e. The van der Waals surface area contributed by atoms with E-state index in [2.05, 4.69) is 11.4 Å². The van der Waals surface area contributed by atoms with Crippen LogP contribution in [-0.4, -0.2) is 12.5 Å². The SMILES string of the molecule is C/C=C/CC/C=C/C(=O)NCCC. The van der Waals surface area contributed by atoms with Crippen molar-refractivity contribution in [2.75, 3.05) is 6.54 Å². The molecule has 0 saturated carbocycles. The highest BCUT2D eigenvalue weighted by Crippen LogP contribution is 1.92. The number of hydrogen-bond donors (Lipinski definition) is 1. The first-order chi connectivity index (χ1) is 6.31. The summed E-state index contributed by atoms with van der Waals surface area (Å²) in [6.45, 7) is 4.80. The lowest BCUT2D eigenvalue weighted by atomic mass is 10.2. The summed E-state index contributed by atoms with van der Waals surface area (Å²) < 4.78 is 0. The van der Waals surface area contributed by atoms with Crippen LogP contribution < -0.4 is 5.32 Å². The third-order valence-corrected chi connectivity index (χ3v) is 1.55. The second-order valence-electron chi connectivity index (χ2n) is 2.84. The molecule has 0 saturated heterocycles. The molecule has 0 radical (unpaired) electrons. The molecular formula is C11H19NO. The van der Waals surface area contributed by atoms with Gasteiger partial charge in [0.05, 0.1) is 0 Å². The van der Waals surface area contributed by atoms with Gasteiger partial charge in [0.25, 0.3) is 0 Å². The van der Waals surface area contributed by atoms with Gasteiger partial charge in [-0.2, -0.15) is 0 Å². The third-order valence-electron chi connectivity index (χ3n) is 1.55. The van der Waals surface area contributed by atoms with Crippen LogP contribution in [0.1, 0.15) is 33.1 Å². The summed E-state index contributed by atoms with van der Waals surface area (Å²) in [5, 5.41) is 2.78. The molecule has 0 spiro atoms. The molecule has 74 valence electrons. The number of hydrogen-bond acceptors (Lipinski definition) is 1. The highest BCUT2D eigenvalue weighted by atomic mass is 16.1. The van der Waals surface area contributed by atoms with Crippen LogP contribution in [0.4, 0.5) is 0 Å². The quantitative estimate of drug-likeness (QED) is 0.380. The molecule has 0 rings (SSSR count). The summed E-state index contributed by atoms with van der Waals surface area (Å²) in [7, 11) is 0. The topological polar surface area (TPSA) is 29.1 Å². The molecule has 2 heteroatoms. The Hall–Kier alpha value is -1.05.